The molecule has 0 bridgehead atoms. The zero-order chi connectivity index (χ0) is 19.6. The van der Waals surface area contributed by atoms with E-state index in [2.05, 4.69) is 0 Å². The lowest BCUT2D eigenvalue weighted by Gasteiger charge is -2.12. The molecule has 0 atom stereocenters. The number of thioether (sulfide) groups is 1. The van der Waals surface area contributed by atoms with Crippen LogP contribution >= 0.6 is 11.8 Å². The number of benzene rings is 2. The summed E-state index contributed by atoms with van der Waals surface area (Å²) in [6.45, 7) is 6.44. The lowest BCUT2D eigenvalue weighted by molar-refractivity contribution is -0.255. The van der Waals surface area contributed by atoms with Crippen LogP contribution in [0.4, 0.5) is 5.69 Å². The molecule has 1 fully saturated rings. The van der Waals surface area contributed by atoms with Crippen LogP contribution < -0.4 is 5.11 Å². The van der Waals surface area contributed by atoms with Gasteiger partial charge in [0.25, 0.3) is 5.91 Å². The first-order valence-corrected chi connectivity index (χ1v) is 9.39. The first-order valence-electron chi connectivity index (χ1n) is 8.58. The highest BCUT2D eigenvalue weighted by atomic mass is 32.2. The number of aromatic carboxylic acids is 1. The second-order valence-electron chi connectivity index (χ2n) is 6.25. The molecule has 0 radical (unpaired) electrons. The van der Waals surface area contributed by atoms with Gasteiger partial charge in [0.2, 0.25) is 0 Å². The average molecular weight is 379 g/mol. The van der Waals surface area contributed by atoms with E-state index in [0.29, 0.717) is 16.6 Å². The zero-order valence-electron chi connectivity index (χ0n) is 15.4. The SMILES string of the molecule is CCN1C(=O)/C(=C\c2ccc(C(=O)[O-])cc2)SC1=Nc1cc(C)ccc1C. The molecule has 1 aliphatic rings. The van der Waals surface area contributed by atoms with Crippen molar-refractivity contribution in [2.75, 3.05) is 6.54 Å². The Hall–Kier alpha value is -2.86. The lowest BCUT2D eigenvalue weighted by Crippen LogP contribution is -2.28. The van der Waals surface area contributed by atoms with Crippen LogP contribution in [0.1, 0.15) is 34.0 Å². The van der Waals surface area contributed by atoms with Gasteiger partial charge in [0, 0.05) is 6.54 Å². The van der Waals surface area contributed by atoms with Crippen molar-refractivity contribution in [2.24, 2.45) is 4.99 Å². The molecule has 0 N–H and O–H groups in total. The molecule has 0 aromatic heterocycles. The van der Waals surface area contributed by atoms with Gasteiger partial charge in [-0.15, -0.1) is 0 Å². The molecule has 0 aliphatic carbocycles. The van der Waals surface area contributed by atoms with Crippen molar-refractivity contribution in [1.82, 2.24) is 4.90 Å². The van der Waals surface area contributed by atoms with Gasteiger partial charge in [0.1, 0.15) is 0 Å². The lowest BCUT2D eigenvalue weighted by atomic mass is 10.1. The smallest absolute Gasteiger partial charge is 0.266 e. The molecule has 1 aliphatic heterocycles. The summed E-state index contributed by atoms with van der Waals surface area (Å²) in [5.41, 5.74) is 3.87. The minimum atomic E-state index is -1.22. The molecule has 2 aromatic carbocycles. The van der Waals surface area contributed by atoms with Crippen LogP contribution in [0.25, 0.3) is 6.08 Å². The van der Waals surface area contributed by atoms with E-state index in [0.717, 1.165) is 22.4 Å². The Morgan fingerprint density at radius 1 is 1.19 bits per heavy atom. The van der Waals surface area contributed by atoms with E-state index in [9.17, 15) is 14.7 Å². The molecule has 138 valence electrons. The fourth-order valence-corrected chi connectivity index (χ4v) is 3.74. The maximum Gasteiger partial charge on any atom is 0.266 e. The number of hydrogen-bond donors (Lipinski definition) is 0. The number of rotatable bonds is 4. The number of aliphatic imine (C=N–C) groups is 1. The quantitative estimate of drug-likeness (QED) is 0.764. The number of likely N-dealkylation sites (N-methyl/N-ethyl adjacent to an activating group) is 1. The molecule has 1 heterocycles. The fourth-order valence-electron chi connectivity index (χ4n) is 2.68. The number of carboxylic acid groups (broad SMARTS) is 1. The molecule has 1 saturated heterocycles. The van der Waals surface area contributed by atoms with Crippen LogP contribution in [0.15, 0.2) is 52.4 Å². The minimum absolute atomic E-state index is 0.101. The third-order valence-corrected chi connectivity index (χ3v) is 5.24. The molecule has 1 amide bonds. The van der Waals surface area contributed by atoms with Crippen LogP contribution in [-0.2, 0) is 4.79 Å². The van der Waals surface area contributed by atoms with Gasteiger partial charge < -0.3 is 9.90 Å². The Kier molecular flexibility index (Phi) is 5.46. The minimum Gasteiger partial charge on any atom is -0.545 e. The number of hydrogen-bond acceptors (Lipinski definition) is 5. The molecule has 6 heteroatoms. The van der Waals surface area contributed by atoms with E-state index < -0.39 is 5.97 Å². The van der Waals surface area contributed by atoms with Crippen LogP contribution in [0.2, 0.25) is 0 Å². The predicted molar refractivity (Wildman–Crippen MR) is 107 cm³/mol. The summed E-state index contributed by atoms with van der Waals surface area (Å²) in [7, 11) is 0. The number of carboxylic acids is 1. The van der Waals surface area contributed by atoms with Gasteiger partial charge in [-0.3, -0.25) is 9.69 Å². The normalized spacial score (nSPS) is 17.1. The highest BCUT2D eigenvalue weighted by Crippen LogP contribution is 2.34. The number of nitrogens with zero attached hydrogens (tertiary/aromatic N) is 2. The van der Waals surface area contributed by atoms with Gasteiger partial charge in [0.15, 0.2) is 5.17 Å². The van der Waals surface area contributed by atoms with Gasteiger partial charge in [0.05, 0.1) is 16.6 Å². The highest BCUT2D eigenvalue weighted by Gasteiger charge is 2.32. The standard InChI is InChI=1S/C21H20N2O3S/c1-4-23-19(24)18(12-15-7-9-16(10-8-15)20(25)26)27-21(23)22-17-11-13(2)5-6-14(17)3/h5-12H,4H2,1-3H3,(H,25,26)/p-1/b18-12+,22-21?. The van der Waals surface area contributed by atoms with Gasteiger partial charge in [-0.25, -0.2) is 4.99 Å². The average Bonchev–Trinajstić information content (AvgIpc) is 2.93. The van der Waals surface area contributed by atoms with Crippen molar-refractivity contribution in [3.8, 4) is 0 Å². The molecule has 0 spiro atoms. The molecule has 27 heavy (non-hydrogen) atoms. The molecule has 3 rings (SSSR count). The van der Waals surface area contributed by atoms with Crippen molar-refractivity contribution in [1.29, 1.82) is 0 Å². The molecular weight excluding hydrogens is 360 g/mol. The Morgan fingerprint density at radius 2 is 1.89 bits per heavy atom. The number of carbonyl (C=O) groups is 2. The molecule has 2 aromatic rings. The summed E-state index contributed by atoms with van der Waals surface area (Å²) in [5.74, 6) is -1.32. The maximum absolute atomic E-state index is 12.7. The van der Waals surface area contributed by atoms with Crippen LogP contribution in [0.5, 0.6) is 0 Å². The second kappa shape index (κ2) is 7.80. The van der Waals surface area contributed by atoms with Crippen LogP contribution in [-0.4, -0.2) is 28.5 Å². The number of amidine groups is 1. The fraction of sp³-hybridized carbons (Fsp3) is 0.190. The summed E-state index contributed by atoms with van der Waals surface area (Å²) in [6, 6.07) is 12.3. The van der Waals surface area contributed by atoms with E-state index in [-0.39, 0.29) is 11.5 Å². The van der Waals surface area contributed by atoms with Gasteiger partial charge in [-0.05, 0) is 66.9 Å². The Labute approximate surface area is 162 Å². The van der Waals surface area contributed by atoms with Crippen molar-refractivity contribution in [3.05, 3.63) is 69.6 Å². The van der Waals surface area contributed by atoms with E-state index in [4.69, 9.17) is 4.99 Å². The molecule has 0 unspecified atom stereocenters. The van der Waals surface area contributed by atoms with Crippen molar-refractivity contribution in [2.45, 2.75) is 20.8 Å². The van der Waals surface area contributed by atoms with E-state index >= 15 is 0 Å². The van der Waals surface area contributed by atoms with E-state index in [1.54, 1.807) is 23.1 Å². The largest absolute Gasteiger partial charge is 0.545 e. The Morgan fingerprint density at radius 3 is 2.52 bits per heavy atom. The Bertz CT molecular complexity index is 962. The summed E-state index contributed by atoms with van der Waals surface area (Å²) < 4.78 is 0. The van der Waals surface area contributed by atoms with E-state index in [1.165, 1.54) is 23.9 Å². The number of amides is 1. The van der Waals surface area contributed by atoms with Gasteiger partial charge in [-0.1, -0.05) is 36.4 Å². The van der Waals surface area contributed by atoms with Crippen LogP contribution in [0, 0.1) is 13.8 Å². The maximum atomic E-state index is 12.7. The highest BCUT2D eigenvalue weighted by molar-refractivity contribution is 8.18. The van der Waals surface area contributed by atoms with E-state index in [1.807, 2.05) is 39.0 Å². The molecule has 0 saturated carbocycles. The third-order valence-electron chi connectivity index (χ3n) is 4.23. The monoisotopic (exact) mass is 379 g/mol. The Balaban J connectivity index is 1.93. The van der Waals surface area contributed by atoms with Crippen molar-refractivity contribution >= 4 is 40.6 Å². The zero-order valence-corrected chi connectivity index (χ0v) is 16.2. The van der Waals surface area contributed by atoms with Crippen molar-refractivity contribution in [3.63, 3.8) is 0 Å². The van der Waals surface area contributed by atoms with Crippen LogP contribution in [0.3, 0.4) is 0 Å². The van der Waals surface area contributed by atoms with Gasteiger partial charge >= 0.3 is 0 Å². The molecular formula is C21H19N2O3S-. The summed E-state index contributed by atoms with van der Waals surface area (Å²) in [4.78, 5) is 30.5. The first-order chi connectivity index (χ1) is 12.9. The third kappa shape index (κ3) is 4.11. The second-order valence-corrected chi connectivity index (χ2v) is 7.26. The summed E-state index contributed by atoms with van der Waals surface area (Å²) in [6.07, 6.45) is 1.75. The first kappa shape index (κ1) is 18.9. The number of carbonyl (C=O) groups excluding carboxylic acids is 2. The predicted octanol–water partition coefficient (Wildman–Crippen LogP) is 3.29. The summed E-state index contributed by atoms with van der Waals surface area (Å²) in [5, 5.41) is 11.5. The summed E-state index contributed by atoms with van der Waals surface area (Å²) >= 11 is 1.33. The number of aryl methyl sites for hydroxylation is 2. The van der Waals surface area contributed by atoms with Crippen molar-refractivity contribution < 1.29 is 14.7 Å². The molecule has 5 nitrogen and oxygen atoms in total. The topological polar surface area (TPSA) is 72.8 Å². The van der Waals surface area contributed by atoms with Gasteiger partial charge in [-0.2, -0.15) is 0 Å².